The Morgan fingerprint density at radius 2 is 1.62 bits per heavy atom. The molecule has 2 heterocycles. The predicted molar refractivity (Wildman–Crippen MR) is 44.0 cm³/mol. The Morgan fingerprint density at radius 3 is 2.31 bits per heavy atom. The summed E-state index contributed by atoms with van der Waals surface area (Å²) in [6, 6.07) is -0.404. The van der Waals surface area contributed by atoms with Crippen LogP contribution in [0.3, 0.4) is 0 Å². The van der Waals surface area contributed by atoms with Crippen molar-refractivity contribution in [3.05, 3.63) is 0 Å². The summed E-state index contributed by atoms with van der Waals surface area (Å²) in [6.07, 6.45) is -3.06. The van der Waals surface area contributed by atoms with Gasteiger partial charge in [0, 0.05) is 13.1 Å². The van der Waals surface area contributed by atoms with Crippen molar-refractivity contribution >= 4 is 0 Å². The maximum atomic E-state index is 9.58. The van der Waals surface area contributed by atoms with Gasteiger partial charge in [0.15, 0.2) is 0 Å². The maximum Gasteiger partial charge on any atom is 0.109 e. The van der Waals surface area contributed by atoms with Gasteiger partial charge in [-0.05, 0) is 6.42 Å². The SMILES string of the molecule is O[C@@H]1[C@H](O)[C@@H]2[C@H](O)CCN2C[C@@H]1O. The molecule has 0 aromatic rings. The fourth-order valence-electron chi connectivity index (χ4n) is 2.30. The number of aliphatic hydroxyl groups excluding tert-OH is 4. The van der Waals surface area contributed by atoms with Gasteiger partial charge in [0.1, 0.15) is 12.2 Å². The van der Waals surface area contributed by atoms with Crippen LogP contribution in [-0.2, 0) is 0 Å². The van der Waals surface area contributed by atoms with Crippen LogP contribution in [0.2, 0.25) is 0 Å². The molecular weight excluding hydrogens is 174 g/mol. The third kappa shape index (κ3) is 1.37. The van der Waals surface area contributed by atoms with E-state index in [9.17, 15) is 20.4 Å². The van der Waals surface area contributed by atoms with E-state index in [4.69, 9.17) is 0 Å². The van der Waals surface area contributed by atoms with Crippen LogP contribution in [0.5, 0.6) is 0 Å². The van der Waals surface area contributed by atoms with Gasteiger partial charge in [0.2, 0.25) is 0 Å². The Balaban J connectivity index is 2.15. The van der Waals surface area contributed by atoms with Crippen LogP contribution in [-0.4, -0.2) is 68.9 Å². The number of fused-ring (bicyclic) bond motifs is 1. The van der Waals surface area contributed by atoms with Crippen LogP contribution in [0.1, 0.15) is 6.42 Å². The number of rotatable bonds is 0. The van der Waals surface area contributed by atoms with E-state index in [2.05, 4.69) is 0 Å². The van der Waals surface area contributed by atoms with E-state index < -0.39 is 30.5 Å². The zero-order valence-electron chi connectivity index (χ0n) is 7.24. The fourth-order valence-corrected chi connectivity index (χ4v) is 2.30. The highest BCUT2D eigenvalue weighted by atomic mass is 16.4. The number of aliphatic hydroxyl groups is 4. The summed E-state index contributed by atoms with van der Waals surface area (Å²) in [6.45, 7) is 1.01. The monoisotopic (exact) mass is 189 g/mol. The second-order valence-corrected chi connectivity index (χ2v) is 3.89. The minimum absolute atomic E-state index is 0.333. The molecule has 0 unspecified atom stereocenters. The summed E-state index contributed by atoms with van der Waals surface area (Å²) < 4.78 is 0. The molecule has 76 valence electrons. The molecule has 0 bridgehead atoms. The highest BCUT2D eigenvalue weighted by molar-refractivity contribution is 5.01. The Labute approximate surface area is 76.2 Å². The number of piperidine rings is 1. The minimum atomic E-state index is -1.13. The highest BCUT2D eigenvalue weighted by Crippen LogP contribution is 2.27. The molecule has 2 fully saturated rings. The highest BCUT2D eigenvalue weighted by Gasteiger charge is 2.47. The Hall–Kier alpha value is -0.200. The van der Waals surface area contributed by atoms with Crippen molar-refractivity contribution in [3.63, 3.8) is 0 Å². The smallest absolute Gasteiger partial charge is 0.109 e. The molecule has 5 atom stereocenters. The maximum absolute atomic E-state index is 9.58. The van der Waals surface area contributed by atoms with E-state index in [1.165, 1.54) is 0 Å². The molecular formula is C8H15NO4. The zero-order chi connectivity index (χ0) is 9.59. The first kappa shape index (κ1) is 9.36. The first-order chi connectivity index (χ1) is 6.11. The molecule has 0 spiro atoms. The van der Waals surface area contributed by atoms with Gasteiger partial charge in [0.25, 0.3) is 0 Å². The topological polar surface area (TPSA) is 84.2 Å². The second kappa shape index (κ2) is 3.18. The first-order valence-corrected chi connectivity index (χ1v) is 4.57. The van der Waals surface area contributed by atoms with Crippen LogP contribution < -0.4 is 0 Å². The van der Waals surface area contributed by atoms with Crippen LogP contribution in [0.4, 0.5) is 0 Å². The number of hydrogen-bond acceptors (Lipinski definition) is 5. The van der Waals surface area contributed by atoms with E-state index >= 15 is 0 Å². The molecule has 2 saturated heterocycles. The van der Waals surface area contributed by atoms with Gasteiger partial charge in [-0.3, -0.25) is 4.90 Å². The Kier molecular flexibility index (Phi) is 2.29. The second-order valence-electron chi connectivity index (χ2n) is 3.89. The summed E-state index contributed by atoms with van der Waals surface area (Å²) in [7, 11) is 0. The number of hydrogen-bond donors (Lipinski definition) is 4. The Bertz CT molecular complexity index is 201. The average molecular weight is 189 g/mol. The summed E-state index contributed by atoms with van der Waals surface area (Å²) in [5, 5.41) is 37.8. The largest absolute Gasteiger partial charge is 0.391 e. The van der Waals surface area contributed by atoms with E-state index in [-0.39, 0.29) is 0 Å². The summed E-state index contributed by atoms with van der Waals surface area (Å²) in [5.74, 6) is 0. The first-order valence-electron chi connectivity index (χ1n) is 4.57. The zero-order valence-corrected chi connectivity index (χ0v) is 7.24. The third-order valence-electron chi connectivity index (χ3n) is 3.04. The Morgan fingerprint density at radius 1 is 0.923 bits per heavy atom. The molecule has 4 N–H and O–H groups in total. The van der Waals surface area contributed by atoms with E-state index in [1.54, 1.807) is 0 Å². The fraction of sp³-hybridized carbons (Fsp3) is 1.00. The molecule has 0 saturated carbocycles. The van der Waals surface area contributed by atoms with Gasteiger partial charge in [-0.25, -0.2) is 0 Å². The molecule has 13 heavy (non-hydrogen) atoms. The molecule has 5 nitrogen and oxygen atoms in total. The van der Waals surface area contributed by atoms with Gasteiger partial charge >= 0.3 is 0 Å². The lowest BCUT2D eigenvalue weighted by Gasteiger charge is -2.40. The molecule has 2 aliphatic heterocycles. The van der Waals surface area contributed by atoms with Crippen molar-refractivity contribution in [2.24, 2.45) is 0 Å². The van der Waals surface area contributed by atoms with Crippen molar-refractivity contribution in [3.8, 4) is 0 Å². The van der Waals surface area contributed by atoms with E-state index in [0.717, 1.165) is 0 Å². The molecule has 2 aliphatic rings. The third-order valence-corrected chi connectivity index (χ3v) is 3.04. The van der Waals surface area contributed by atoms with Gasteiger partial charge in [-0.2, -0.15) is 0 Å². The van der Waals surface area contributed by atoms with Gasteiger partial charge in [-0.1, -0.05) is 0 Å². The van der Waals surface area contributed by atoms with Crippen molar-refractivity contribution in [2.45, 2.75) is 36.9 Å². The van der Waals surface area contributed by atoms with Gasteiger partial charge in [0.05, 0.1) is 18.2 Å². The molecule has 5 heteroatoms. The average Bonchev–Trinajstić information content (AvgIpc) is 2.43. The normalized spacial score (nSPS) is 52.2. The van der Waals surface area contributed by atoms with Crippen LogP contribution >= 0.6 is 0 Å². The van der Waals surface area contributed by atoms with Crippen LogP contribution in [0, 0.1) is 0 Å². The van der Waals surface area contributed by atoms with Crippen molar-refractivity contribution in [1.29, 1.82) is 0 Å². The molecule has 0 aliphatic carbocycles. The molecule has 0 radical (unpaired) electrons. The standard InChI is InChI=1S/C8H15NO4/c10-4-1-2-9-3-5(11)7(12)8(13)6(4)9/h4-8,10-13H,1-3H2/t4-,5+,6+,7+,8-/m1/s1. The quantitative estimate of drug-likeness (QED) is 0.339. The predicted octanol–water partition coefficient (Wildman–Crippen LogP) is -2.48. The summed E-state index contributed by atoms with van der Waals surface area (Å²) in [4.78, 5) is 1.83. The summed E-state index contributed by atoms with van der Waals surface area (Å²) in [5.41, 5.74) is 0. The lowest BCUT2D eigenvalue weighted by atomic mass is 9.93. The van der Waals surface area contributed by atoms with Crippen LogP contribution in [0.15, 0.2) is 0 Å². The molecule has 0 aromatic carbocycles. The lowest BCUT2D eigenvalue weighted by Crippen LogP contribution is -2.61. The van der Waals surface area contributed by atoms with E-state index in [1.807, 2.05) is 4.90 Å². The van der Waals surface area contributed by atoms with Crippen molar-refractivity contribution < 1.29 is 20.4 Å². The van der Waals surface area contributed by atoms with E-state index in [0.29, 0.717) is 19.5 Å². The number of nitrogens with zero attached hydrogens (tertiary/aromatic N) is 1. The lowest BCUT2D eigenvalue weighted by molar-refractivity contribution is -0.140. The van der Waals surface area contributed by atoms with Crippen LogP contribution in [0.25, 0.3) is 0 Å². The van der Waals surface area contributed by atoms with Crippen molar-refractivity contribution in [1.82, 2.24) is 4.90 Å². The molecule has 0 amide bonds. The molecule has 2 rings (SSSR count). The van der Waals surface area contributed by atoms with Crippen molar-refractivity contribution in [2.75, 3.05) is 13.1 Å². The minimum Gasteiger partial charge on any atom is -0.391 e. The molecule has 0 aromatic heterocycles. The summed E-state index contributed by atoms with van der Waals surface area (Å²) >= 11 is 0. The van der Waals surface area contributed by atoms with Gasteiger partial charge in [-0.15, -0.1) is 0 Å². The van der Waals surface area contributed by atoms with Gasteiger partial charge < -0.3 is 20.4 Å².